The molecular formula is C22H26N2O2. The third kappa shape index (κ3) is 5.02. The molecule has 2 heterocycles. The van der Waals surface area contributed by atoms with Crippen LogP contribution in [0, 0.1) is 0 Å². The zero-order valence-electron chi connectivity index (χ0n) is 15.1. The molecule has 0 aromatic heterocycles. The third-order valence-electron chi connectivity index (χ3n) is 4.91. The van der Waals surface area contributed by atoms with Gasteiger partial charge in [0.05, 0.1) is 0 Å². The van der Waals surface area contributed by atoms with Crippen LogP contribution < -0.4 is 5.32 Å². The number of hydrogen-bond acceptors (Lipinski definition) is 4. The van der Waals surface area contributed by atoms with E-state index in [9.17, 15) is 4.79 Å². The number of hydrogen-bond donors (Lipinski definition) is 1. The molecule has 2 aromatic carbocycles. The lowest BCUT2D eigenvalue weighted by Gasteiger charge is -2.26. The number of fused-ring (bicyclic) bond motifs is 1. The first kappa shape index (κ1) is 18.3. The Morgan fingerprint density at radius 1 is 1.08 bits per heavy atom. The van der Waals surface area contributed by atoms with E-state index in [0.29, 0.717) is 13.1 Å². The Balaban J connectivity index is 0.000000170. The number of piperidine rings is 1. The first-order valence-corrected chi connectivity index (χ1v) is 9.30. The Labute approximate surface area is 155 Å². The van der Waals surface area contributed by atoms with Gasteiger partial charge in [-0.2, -0.15) is 0 Å². The molecule has 1 fully saturated rings. The van der Waals surface area contributed by atoms with Crippen LogP contribution in [0.2, 0.25) is 0 Å². The van der Waals surface area contributed by atoms with Crippen LogP contribution in [0.3, 0.4) is 0 Å². The molecule has 2 aliphatic heterocycles. The van der Waals surface area contributed by atoms with Crippen LogP contribution in [0.25, 0.3) is 0 Å². The number of nitrogens with one attached hydrogen (secondary N) is 1. The van der Waals surface area contributed by atoms with Crippen molar-refractivity contribution in [3.8, 4) is 0 Å². The lowest BCUT2D eigenvalue weighted by molar-refractivity contribution is -0.129. The molecule has 2 aliphatic rings. The maximum absolute atomic E-state index is 9.76. The van der Waals surface area contributed by atoms with E-state index in [1.807, 2.05) is 36.5 Å². The van der Waals surface area contributed by atoms with Crippen molar-refractivity contribution >= 4 is 12.7 Å². The van der Waals surface area contributed by atoms with E-state index in [-0.39, 0.29) is 0 Å². The van der Waals surface area contributed by atoms with Crippen LogP contribution in [-0.2, 0) is 22.6 Å². The smallest absolute Gasteiger partial charge is 0.293 e. The van der Waals surface area contributed by atoms with Gasteiger partial charge in [0.25, 0.3) is 6.47 Å². The highest BCUT2D eigenvalue weighted by Crippen LogP contribution is 2.30. The van der Waals surface area contributed by atoms with Gasteiger partial charge < -0.3 is 10.1 Å². The maximum Gasteiger partial charge on any atom is 0.293 e. The minimum Gasteiger partial charge on any atom is -0.463 e. The van der Waals surface area contributed by atoms with Gasteiger partial charge in [-0.05, 0) is 60.5 Å². The molecule has 0 spiro atoms. The summed E-state index contributed by atoms with van der Waals surface area (Å²) in [7, 11) is 0. The molecule has 0 saturated carbocycles. The van der Waals surface area contributed by atoms with Crippen molar-refractivity contribution in [3.05, 3.63) is 70.8 Å². The van der Waals surface area contributed by atoms with Gasteiger partial charge in [0.2, 0.25) is 0 Å². The summed E-state index contributed by atoms with van der Waals surface area (Å²) in [4.78, 5) is 14.1. The highest BCUT2D eigenvalue weighted by atomic mass is 16.5. The summed E-state index contributed by atoms with van der Waals surface area (Å²) in [6, 6.07) is 16.3. The second-order valence-corrected chi connectivity index (χ2v) is 6.62. The van der Waals surface area contributed by atoms with Crippen molar-refractivity contribution in [3.63, 3.8) is 0 Å². The fraction of sp³-hybridized carbons (Fsp3) is 0.364. The van der Waals surface area contributed by atoms with Crippen molar-refractivity contribution in [1.29, 1.82) is 0 Å². The predicted molar refractivity (Wildman–Crippen MR) is 105 cm³/mol. The molecule has 0 bridgehead atoms. The molecule has 4 heteroatoms. The van der Waals surface area contributed by atoms with E-state index in [1.165, 1.54) is 31.5 Å². The molecule has 0 amide bonds. The predicted octanol–water partition coefficient (Wildman–Crippen LogP) is 3.49. The molecule has 1 saturated heterocycles. The second kappa shape index (κ2) is 9.88. The van der Waals surface area contributed by atoms with Crippen molar-refractivity contribution in [2.24, 2.45) is 4.99 Å². The van der Waals surface area contributed by atoms with E-state index in [1.54, 1.807) is 11.1 Å². The highest BCUT2D eigenvalue weighted by molar-refractivity contribution is 5.83. The number of ether oxygens (including phenoxy) is 1. The fourth-order valence-corrected chi connectivity index (χ4v) is 3.59. The lowest BCUT2D eigenvalue weighted by Crippen LogP contribution is -2.27. The Kier molecular flexibility index (Phi) is 6.96. The molecule has 0 atom stereocenters. The average molecular weight is 350 g/mol. The monoisotopic (exact) mass is 350 g/mol. The van der Waals surface area contributed by atoms with Crippen molar-refractivity contribution < 1.29 is 9.53 Å². The van der Waals surface area contributed by atoms with Gasteiger partial charge in [-0.25, -0.2) is 0 Å². The summed E-state index contributed by atoms with van der Waals surface area (Å²) in [5.41, 5.74) is 5.51. The Hall–Kier alpha value is -2.46. The maximum atomic E-state index is 9.76. The van der Waals surface area contributed by atoms with Crippen molar-refractivity contribution in [2.75, 3.05) is 19.6 Å². The van der Waals surface area contributed by atoms with Gasteiger partial charge in [0.1, 0.15) is 6.61 Å². The molecule has 0 aliphatic carbocycles. The first-order chi connectivity index (χ1) is 12.9. The van der Waals surface area contributed by atoms with Crippen molar-refractivity contribution in [2.45, 2.75) is 31.8 Å². The zero-order valence-corrected chi connectivity index (χ0v) is 15.1. The SMILES string of the molecule is C1=NCCc2c1cccc2C1CCNCC1.O=COCc1ccccc1. The summed E-state index contributed by atoms with van der Waals surface area (Å²) in [6.07, 6.45) is 5.75. The third-order valence-corrected chi connectivity index (χ3v) is 4.91. The van der Waals surface area contributed by atoms with Crippen molar-refractivity contribution in [1.82, 2.24) is 5.32 Å². The number of aliphatic imine (C=N–C) groups is 1. The van der Waals surface area contributed by atoms with E-state index < -0.39 is 0 Å². The second-order valence-electron chi connectivity index (χ2n) is 6.62. The number of nitrogens with zero attached hydrogens (tertiary/aromatic N) is 1. The first-order valence-electron chi connectivity index (χ1n) is 9.30. The summed E-state index contributed by atoms with van der Waals surface area (Å²) in [6.45, 7) is 4.12. The Morgan fingerprint density at radius 2 is 1.88 bits per heavy atom. The normalized spacial score (nSPS) is 16.2. The number of benzene rings is 2. The van der Waals surface area contributed by atoms with E-state index in [4.69, 9.17) is 0 Å². The molecular weight excluding hydrogens is 324 g/mol. The average Bonchev–Trinajstić information content (AvgIpc) is 2.74. The van der Waals surface area contributed by atoms with Crippen LogP contribution in [0.15, 0.2) is 53.5 Å². The lowest BCUT2D eigenvalue weighted by atomic mass is 9.84. The van der Waals surface area contributed by atoms with Crippen LogP contribution in [0.5, 0.6) is 0 Å². The van der Waals surface area contributed by atoms with E-state index >= 15 is 0 Å². The summed E-state index contributed by atoms with van der Waals surface area (Å²) in [5.74, 6) is 0.766. The quantitative estimate of drug-likeness (QED) is 0.859. The van der Waals surface area contributed by atoms with Crippen LogP contribution >= 0.6 is 0 Å². The van der Waals surface area contributed by atoms with Crippen LogP contribution in [-0.4, -0.2) is 32.3 Å². The minimum absolute atomic E-state index is 0.365. The molecule has 0 radical (unpaired) electrons. The van der Waals surface area contributed by atoms with Gasteiger partial charge in [-0.3, -0.25) is 9.79 Å². The highest BCUT2D eigenvalue weighted by Gasteiger charge is 2.20. The van der Waals surface area contributed by atoms with Crippen LogP contribution in [0.4, 0.5) is 0 Å². The molecule has 4 nitrogen and oxygen atoms in total. The molecule has 1 N–H and O–H groups in total. The number of carbonyl (C=O) groups excluding carboxylic acids is 1. The van der Waals surface area contributed by atoms with Gasteiger partial charge in [-0.15, -0.1) is 0 Å². The zero-order chi connectivity index (χ0) is 18.0. The molecule has 136 valence electrons. The largest absolute Gasteiger partial charge is 0.463 e. The summed E-state index contributed by atoms with van der Waals surface area (Å²) in [5, 5.41) is 3.44. The standard InChI is InChI=1S/C14H18N2.C8H8O2/c1-2-12-10-16-9-6-14(12)13(3-1)11-4-7-15-8-5-11;9-7-10-6-8-4-2-1-3-5-8/h1-3,10-11,15H,4-9H2;1-5,7H,6H2. The molecule has 26 heavy (non-hydrogen) atoms. The fourth-order valence-electron chi connectivity index (χ4n) is 3.59. The van der Waals surface area contributed by atoms with Gasteiger partial charge in [0, 0.05) is 12.8 Å². The van der Waals surface area contributed by atoms with E-state index in [0.717, 1.165) is 24.4 Å². The van der Waals surface area contributed by atoms with Gasteiger partial charge in [0.15, 0.2) is 0 Å². The van der Waals surface area contributed by atoms with Gasteiger partial charge in [-0.1, -0.05) is 48.5 Å². The van der Waals surface area contributed by atoms with Gasteiger partial charge >= 0.3 is 0 Å². The Morgan fingerprint density at radius 3 is 2.65 bits per heavy atom. The molecule has 4 rings (SSSR count). The minimum atomic E-state index is 0.365. The Bertz CT molecular complexity index is 722. The number of rotatable bonds is 4. The van der Waals surface area contributed by atoms with Crippen LogP contribution in [0.1, 0.15) is 41.0 Å². The van der Waals surface area contributed by atoms with E-state index in [2.05, 4.69) is 33.2 Å². The number of carbonyl (C=O) groups is 1. The topological polar surface area (TPSA) is 50.7 Å². The summed E-state index contributed by atoms with van der Waals surface area (Å²) < 4.78 is 4.54. The molecule has 2 aromatic rings. The summed E-state index contributed by atoms with van der Waals surface area (Å²) >= 11 is 0. The molecule has 0 unspecified atom stereocenters.